The molecule has 2 aliphatic rings. The number of hydrogen-bond acceptors (Lipinski definition) is 8. The van der Waals surface area contributed by atoms with Crippen molar-refractivity contribution in [1.29, 1.82) is 0 Å². The van der Waals surface area contributed by atoms with Crippen molar-refractivity contribution in [2.45, 2.75) is 31.8 Å². The predicted octanol–water partition coefficient (Wildman–Crippen LogP) is 1.81. The first-order valence-corrected chi connectivity index (χ1v) is 10.5. The molecule has 1 aliphatic heterocycles. The monoisotopic (exact) mass is 432 g/mol. The normalized spacial score (nSPS) is 17.1. The van der Waals surface area contributed by atoms with Crippen molar-refractivity contribution >= 4 is 41.1 Å². The minimum atomic E-state index is -0.377. The fourth-order valence-electron chi connectivity index (χ4n) is 3.66. The molecule has 10 nitrogen and oxygen atoms in total. The summed E-state index contributed by atoms with van der Waals surface area (Å²) in [4.78, 5) is 34.9. The van der Waals surface area contributed by atoms with Crippen LogP contribution in [0.4, 0.5) is 17.6 Å². The highest BCUT2D eigenvalue weighted by Crippen LogP contribution is 2.26. The largest absolute Gasteiger partial charge is 0.377 e. The van der Waals surface area contributed by atoms with Crippen LogP contribution in [0.25, 0.3) is 11.7 Å². The Labute approximate surface area is 184 Å². The van der Waals surface area contributed by atoms with Crippen LogP contribution in [0.3, 0.4) is 0 Å². The van der Waals surface area contributed by atoms with Gasteiger partial charge in [0.15, 0.2) is 5.65 Å². The number of benzene rings is 1. The summed E-state index contributed by atoms with van der Waals surface area (Å²) in [7, 11) is 4.02. The first kappa shape index (κ1) is 20.0. The van der Waals surface area contributed by atoms with E-state index in [-0.39, 0.29) is 18.2 Å². The van der Waals surface area contributed by atoms with Gasteiger partial charge in [0.2, 0.25) is 17.8 Å². The summed E-state index contributed by atoms with van der Waals surface area (Å²) >= 11 is 0. The molecular formula is C22H24N8O2. The topological polar surface area (TPSA) is 117 Å². The first-order valence-electron chi connectivity index (χ1n) is 10.5. The van der Waals surface area contributed by atoms with Crippen LogP contribution in [0, 0.1) is 0 Å². The van der Waals surface area contributed by atoms with Gasteiger partial charge < -0.3 is 15.5 Å². The quantitative estimate of drug-likeness (QED) is 0.382. The van der Waals surface area contributed by atoms with Crippen LogP contribution in [0.2, 0.25) is 0 Å². The lowest BCUT2D eigenvalue weighted by atomic mass is 10.1. The minimum absolute atomic E-state index is 0.0564. The van der Waals surface area contributed by atoms with Crippen molar-refractivity contribution in [2.24, 2.45) is 0 Å². The molecule has 0 radical (unpaired) electrons. The molecule has 5 rings (SSSR count). The van der Waals surface area contributed by atoms with Gasteiger partial charge in [-0.05, 0) is 30.5 Å². The number of rotatable bonds is 7. The SMILES string of the molecule is CN(C)c1ccccc1CNc1nc(NC2CC2)n2ncc(/C=C3\CC(=O)NC3=O)c2n1. The van der Waals surface area contributed by atoms with Gasteiger partial charge in [-0.15, -0.1) is 0 Å². The summed E-state index contributed by atoms with van der Waals surface area (Å²) in [5, 5.41) is 13.4. The van der Waals surface area contributed by atoms with E-state index in [1.807, 2.05) is 26.2 Å². The molecule has 1 saturated carbocycles. The maximum absolute atomic E-state index is 12.0. The van der Waals surface area contributed by atoms with Crippen molar-refractivity contribution in [3.63, 3.8) is 0 Å². The van der Waals surface area contributed by atoms with Crippen LogP contribution in [0.15, 0.2) is 36.0 Å². The number of aromatic nitrogens is 4. The Bertz CT molecular complexity index is 1240. The maximum atomic E-state index is 12.0. The van der Waals surface area contributed by atoms with E-state index < -0.39 is 0 Å². The van der Waals surface area contributed by atoms with E-state index in [2.05, 4.69) is 48.0 Å². The molecule has 0 bridgehead atoms. The highest BCUT2D eigenvalue weighted by Gasteiger charge is 2.26. The summed E-state index contributed by atoms with van der Waals surface area (Å²) in [6.07, 6.45) is 5.54. The molecule has 164 valence electrons. The molecule has 1 saturated heterocycles. The highest BCUT2D eigenvalue weighted by molar-refractivity contribution is 6.15. The zero-order valence-electron chi connectivity index (χ0n) is 17.9. The number of amides is 2. The number of carbonyl (C=O) groups is 2. The molecule has 32 heavy (non-hydrogen) atoms. The zero-order valence-corrected chi connectivity index (χ0v) is 17.9. The Kier molecular flexibility index (Phi) is 4.96. The van der Waals surface area contributed by atoms with E-state index in [1.165, 1.54) is 0 Å². The second-order valence-electron chi connectivity index (χ2n) is 8.23. The predicted molar refractivity (Wildman–Crippen MR) is 121 cm³/mol. The molecule has 1 aliphatic carbocycles. The van der Waals surface area contributed by atoms with Gasteiger partial charge in [0, 0.05) is 43.5 Å². The molecular weight excluding hydrogens is 408 g/mol. The minimum Gasteiger partial charge on any atom is -0.377 e. The number of nitrogens with one attached hydrogen (secondary N) is 3. The lowest BCUT2D eigenvalue weighted by Crippen LogP contribution is -2.19. The number of para-hydroxylation sites is 1. The third-order valence-electron chi connectivity index (χ3n) is 5.44. The maximum Gasteiger partial charge on any atom is 0.254 e. The molecule has 3 N–H and O–H groups in total. The van der Waals surface area contributed by atoms with Gasteiger partial charge in [-0.3, -0.25) is 14.9 Å². The standard InChI is InChI=1S/C22H24N8O2/c1-29(2)17-6-4-3-5-13(17)11-23-21-27-19-15(9-14-10-18(31)26-20(14)32)12-24-30(19)22(28-21)25-16-7-8-16/h3-6,9,12,16H,7-8,10-11H2,1-2H3,(H,26,31,32)(H2,23,25,27,28)/b14-9+. The van der Waals surface area contributed by atoms with Crippen molar-refractivity contribution in [3.8, 4) is 0 Å². The van der Waals surface area contributed by atoms with Crippen LogP contribution < -0.4 is 20.9 Å². The molecule has 10 heteroatoms. The number of imide groups is 1. The van der Waals surface area contributed by atoms with Crippen molar-refractivity contribution < 1.29 is 9.59 Å². The summed E-state index contributed by atoms with van der Waals surface area (Å²) in [6, 6.07) is 8.52. The molecule has 2 fully saturated rings. The van der Waals surface area contributed by atoms with Gasteiger partial charge in [0.1, 0.15) is 0 Å². The number of anilines is 3. The van der Waals surface area contributed by atoms with Gasteiger partial charge in [0.05, 0.1) is 12.6 Å². The third-order valence-corrected chi connectivity index (χ3v) is 5.44. The van der Waals surface area contributed by atoms with E-state index in [4.69, 9.17) is 0 Å². The van der Waals surface area contributed by atoms with Gasteiger partial charge >= 0.3 is 0 Å². The molecule has 3 heterocycles. The second kappa shape index (κ2) is 7.95. The van der Waals surface area contributed by atoms with Gasteiger partial charge in [0.25, 0.3) is 5.91 Å². The number of hydrogen-bond donors (Lipinski definition) is 3. The van der Waals surface area contributed by atoms with Crippen LogP contribution in [-0.2, 0) is 16.1 Å². The Morgan fingerprint density at radius 3 is 2.75 bits per heavy atom. The van der Waals surface area contributed by atoms with E-state index in [0.717, 1.165) is 24.1 Å². The van der Waals surface area contributed by atoms with E-state index in [0.29, 0.717) is 41.3 Å². The zero-order chi connectivity index (χ0) is 22.2. The number of fused-ring (bicyclic) bond motifs is 1. The summed E-state index contributed by atoms with van der Waals surface area (Å²) < 4.78 is 1.64. The molecule has 0 unspecified atom stereocenters. The molecule has 0 atom stereocenters. The summed E-state index contributed by atoms with van der Waals surface area (Å²) in [5.74, 6) is 0.377. The van der Waals surface area contributed by atoms with Crippen molar-refractivity contribution in [2.75, 3.05) is 29.6 Å². The average molecular weight is 432 g/mol. The van der Waals surface area contributed by atoms with E-state index in [1.54, 1.807) is 16.8 Å². The molecule has 1 aromatic carbocycles. The van der Waals surface area contributed by atoms with Gasteiger partial charge in [-0.1, -0.05) is 18.2 Å². The highest BCUT2D eigenvalue weighted by atomic mass is 16.2. The Balaban J connectivity index is 1.49. The van der Waals surface area contributed by atoms with E-state index in [9.17, 15) is 9.59 Å². The summed E-state index contributed by atoms with van der Waals surface area (Å²) in [5.41, 5.74) is 3.85. The molecule has 0 spiro atoms. The third kappa shape index (κ3) is 3.98. The number of carbonyl (C=O) groups excluding carboxylic acids is 2. The Hall–Kier alpha value is -3.95. The van der Waals surface area contributed by atoms with Crippen molar-refractivity contribution in [3.05, 3.63) is 47.2 Å². The average Bonchev–Trinajstić information content (AvgIpc) is 3.40. The fraction of sp³-hybridized carbons (Fsp3) is 0.318. The van der Waals surface area contributed by atoms with Crippen LogP contribution >= 0.6 is 0 Å². The Morgan fingerprint density at radius 1 is 1.22 bits per heavy atom. The Morgan fingerprint density at radius 2 is 2.03 bits per heavy atom. The molecule has 3 aromatic rings. The fourth-order valence-corrected chi connectivity index (χ4v) is 3.66. The van der Waals surface area contributed by atoms with Crippen LogP contribution in [-0.4, -0.2) is 51.5 Å². The number of nitrogens with zero attached hydrogens (tertiary/aromatic N) is 5. The second-order valence-corrected chi connectivity index (χ2v) is 8.23. The van der Waals surface area contributed by atoms with Gasteiger partial charge in [-0.2, -0.15) is 19.6 Å². The van der Waals surface area contributed by atoms with Gasteiger partial charge in [-0.25, -0.2) is 0 Å². The summed E-state index contributed by atoms with van der Waals surface area (Å²) in [6.45, 7) is 0.550. The van der Waals surface area contributed by atoms with Crippen molar-refractivity contribution in [1.82, 2.24) is 24.9 Å². The lowest BCUT2D eigenvalue weighted by molar-refractivity contribution is -0.124. The van der Waals surface area contributed by atoms with Crippen LogP contribution in [0.1, 0.15) is 30.4 Å². The van der Waals surface area contributed by atoms with Crippen LogP contribution in [0.5, 0.6) is 0 Å². The smallest absolute Gasteiger partial charge is 0.254 e. The first-order chi connectivity index (χ1) is 15.5. The lowest BCUT2D eigenvalue weighted by Gasteiger charge is -2.18. The van der Waals surface area contributed by atoms with E-state index >= 15 is 0 Å². The molecule has 2 amide bonds. The molecule has 2 aromatic heterocycles.